The minimum Gasteiger partial charge on any atom is -0.330 e. The summed E-state index contributed by atoms with van der Waals surface area (Å²) in [5.41, 5.74) is 7.72. The molecule has 0 aliphatic carbocycles. The van der Waals surface area contributed by atoms with Gasteiger partial charge in [-0.2, -0.15) is 0 Å². The molecule has 2 N–H and O–H groups in total. The van der Waals surface area contributed by atoms with Crippen molar-refractivity contribution in [2.75, 3.05) is 6.54 Å². The number of aromatic nitrogens is 3. The van der Waals surface area contributed by atoms with Gasteiger partial charge >= 0.3 is 0 Å². The van der Waals surface area contributed by atoms with E-state index < -0.39 is 0 Å². The molecule has 4 nitrogen and oxygen atoms in total. The van der Waals surface area contributed by atoms with E-state index in [9.17, 15) is 0 Å². The van der Waals surface area contributed by atoms with Gasteiger partial charge in [0.05, 0.1) is 11.7 Å². The lowest BCUT2D eigenvalue weighted by atomic mass is 10.1. The summed E-state index contributed by atoms with van der Waals surface area (Å²) in [7, 11) is 0. The highest BCUT2D eigenvalue weighted by Gasteiger charge is 2.07. The Labute approximate surface area is 76.4 Å². The molecule has 0 saturated heterocycles. The molecule has 2 aromatic rings. The average Bonchev–Trinajstić information content (AvgIpc) is 2.63. The normalized spacial score (nSPS) is 13.4. The van der Waals surface area contributed by atoms with E-state index in [0.717, 1.165) is 11.2 Å². The first-order valence-electron chi connectivity index (χ1n) is 4.32. The van der Waals surface area contributed by atoms with Crippen LogP contribution in [0.2, 0.25) is 0 Å². The Balaban J connectivity index is 2.60. The predicted molar refractivity (Wildman–Crippen MR) is 50.5 cm³/mol. The van der Waals surface area contributed by atoms with Gasteiger partial charge in [-0.05, 0) is 12.1 Å². The summed E-state index contributed by atoms with van der Waals surface area (Å²) in [6.07, 6.45) is 1.74. The Kier molecular flexibility index (Phi) is 1.98. The summed E-state index contributed by atoms with van der Waals surface area (Å²) >= 11 is 0. The van der Waals surface area contributed by atoms with E-state index in [2.05, 4.69) is 17.2 Å². The van der Waals surface area contributed by atoms with Crippen LogP contribution in [0.1, 0.15) is 18.5 Å². The summed E-state index contributed by atoms with van der Waals surface area (Å²) in [4.78, 5) is 0. The second-order valence-corrected chi connectivity index (χ2v) is 3.16. The van der Waals surface area contributed by atoms with Crippen molar-refractivity contribution in [1.29, 1.82) is 0 Å². The summed E-state index contributed by atoms with van der Waals surface area (Å²) in [5.74, 6) is 0.311. The van der Waals surface area contributed by atoms with Crippen molar-refractivity contribution >= 4 is 5.52 Å². The molecule has 0 aromatic carbocycles. The highest BCUT2D eigenvalue weighted by atomic mass is 15.4. The maximum absolute atomic E-state index is 5.60. The number of fused-ring (bicyclic) bond motifs is 1. The number of nitrogens with two attached hydrogens (primary N) is 1. The van der Waals surface area contributed by atoms with Gasteiger partial charge in [-0.3, -0.25) is 0 Å². The summed E-state index contributed by atoms with van der Waals surface area (Å²) in [6.45, 7) is 2.70. The lowest BCUT2D eigenvalue weighted by molar-refractivity contribution is 0.689. The van der Waals surface area contributed by atoms with Crippen LogP contribution < -0.4 is 5.73 Å². The highest BCUT2D eigenvalue weighted by molar-refractivity contribution is 5.44. The second-order valence-electron chi connectivity index (χ2n) is 3.16. The van der Waals surface area contributed by atoms with Crippen molar-refractivity contribution in [3.8, 4) is 0 Å². The molecule has 0 spiro atoms. The Hall–Kier alpha value is -1.42. The Morgan fingerprint density at radius 3 is 3.15 bits per heavy atom. The van der Waals surface area contributed by atoms with Crippen LogP contribution in [0.3, 0.4) is 0 Å². The van der Waals surface area contributed by atoms with Gasteiger partial charge in [-0.25, -0.2) is 4.52 Å². The van der Waals surface area contributed by atoms with Crippen LogP contribution in [0, 0.1) is 0 Å². The van der Waals surface area contributed by atoms with Gasteiger partial charge in [-0.15, -0.1) is 5.10 Å². The summed E-state index contributed by atoms with van der Waals surface area (Å²) in [5, 5.41) is 7.85. The van der Waals surface area contributed by atoms with Crippen molar-refractivity contribution < 1.29 is 0 Å². The van der Waals surface area contributed by atoms with E-state index in [0.29, 0.717) is 12.5 Å². The Morgan fingerprint density at radius 2 is 2.38 bits per heavy atom. The zero-order chi connectivity index (χ0) is 9.26. The standard InChI is InChI=1S/C9H12N4/c1-7(5-10)9-4-2-3-8-6-11-12-13(8)9/h2-4,6-7H,5,10H2,1H3. The van der Waals surface area contributed by atoms with Gasteiger partial charge in [0.15, 0.2) is 0 Å². The first kappa shape index (κ1) is 8.19. The molecule has 13 heavy (non-hydrogen) atoms. The first-order chi connectivity index (χ1) is 6.33. The molecule has 0 amide bonds. The first-order valence-corrected chi connectivity index (χ1v) is 4.32. The van der Waals surface area contributed by atoms with E-state index >= 15 is 0 Å². The van der Waals surface area contributed by atoms with Gasteiger partial charge < -0.3 is 5.73 Å². The van der Waals surface area contributed by atoms with Crippen LogP contribution in [-0.4, -0.2) is 21.4 Å². The Morgan fingerprint density at radius 1 is 1.54 bits per heavy atom. The quantitative estimate of drug-likeness (QED) is 0.736. The zero-order valence-electron chi connectivity index (χ0n) is 7.51. The molecular weight excluding hydrogens is 164 g/mol. The summed E-state index contributed by atoms with van der Waals surface area (Å²) < 4.78 is 1.83. The molecule has 0 saturated carbocycles. The number of nitrogens with zero attached hydrogens (tertiary/aromatic N) is 3. The smallest absolute Gasteiger partial charge is 0.0868 e. The SMILES string of the molecule is CC(CN)c1cccc2cnnn12. The predicted octanol–water partition coefficient (Wildman–Crippen LogP) is 0.792. The van der Waals surface area contributed by atoms with Gasteiger partial charge in [-0.1, -0.05) is 18.2 Å². The molecule has 0 aliphatic rings. The van der Waals surface area contributed by atoms with Crippen LogP contribution in [0.25, 0.3) is 5.52 Å². The largest absolute Gasteiger partial charge is 0.330 e. The molecule has 68 valence electrons. The second kappa shape index (κ2) is 3.14. The van der Waals surface area contributed by atoms with E-state index in [-0.39, 0.29) is 0 Å². The molecule has 2 rings (SSSR count). The molecule has 0 fully saturated rings. The third-order valence-corrected chi connectivity index (χ3v) is 2.21. The van der Waals surface area contributed by atoms with Crippen LogP contribution in [0.4, 0.5) is 0 Å². The molecule has 2 aromatic heterocycles. The third kappa shape index (κ3) is 1.29. The van der Waals surface area contributed by atoms with Crippen molar-refractivity contribution in [2.45, 2.75) is 12.8 Å². The van der Waals surface area contributed by atoms with Crippen LogP contribution in [0.5, 0.6) is 0 Å². The molecule has 4 heteroatoms. The zero-order valence-corrected chi connectivity index (χ0v) is 7.51. The topological polar surface area (TPSA) is 56.2 Å². The number of hydrogen-bond donors (Lipinski definition) is 1. The third-order valence-electron chi connectivity index (χ3n) is 2.21. The average molecular weight is 176 g/mol. The monoisotopic (exact) mass is 176 g/mol. The van der Waals surface area contributed by atoms with Crippen molar-refractivity contribution in [3.63, 3.8) is 0 Å². The fourth-order valence-electron chi connectivity index (χ4n) is 1.37. The maximum atomic E-state index is 5.60. The van der Waals surface area contributed by atoms with Gasteiger partial charge in [0, 0.05) is 18.2 Å². The van der Waals surface area contributed by atoms with E-state index in [1.807, 2.05) is 22.7 Å². The Bertz CT molecular complexity index is 407. The van der Waals surface area contributed by atoms with E-state index in [1.54, 1.807) is 6.20 Å². The van der Waals surface area contributed by atoms with Crippen molar-refractivity contribution in [2.24, 2.45) is 5.73 Å². The van der Waals surface area contributed by atoms with Crippen LogP contribution in [0.15, 0.2) is 24.4 Å². The van der Waals surface area contributed by atoms with E-state index in [1.165, 1.54) is 0 Å². The van der Waals surface area contributed by atoms with Gasteiger partial charge in [0.1, 0.15) is 0 Å². The molecule has 0 bridgehead atoms. The van der Waals surface area contributed by atoms with Crippen LogP contribution in [-0.2, 0) is 0 Å². The minimum atomic E-state index is 0.311. The fraction of sp³-hybridized carbons (Fsp3) is 0.333. The minimum absolute atomic E-state index is 0.311. The van der Waals surface area contributed by atoms with Crippen LogP contribution >= 0.6 is 0 Å². The van der Waals surface area contributed by atoms with Crippen molar-refractivity contribution in [1.82, 2.24) is 14.8 Å². The molecule has 1 unspecified atom stereocenters. The van der Waals surface area contributed by atoms with Gasteiger partial charge in [0.2, 0.25) is 0 Å². The summed E-state index contributed by atoms with van der Waals surface area (Å²) in [6, 6.07) is 6.01. The van der Waals surface area contributed by atoms with Crippen molar-refractivity contribution in [3.05, 3.63) is 30.1 Å². The fourth-order valence-corrected chi connectivity index (χ4v) is 1.37. The molecule has 1 atom stereocenters. The maximum Gasteiger partial charge on any atom is 0.0868 e. The number of pyridine rings is 1. The molecular formula is C9H12N4. The highest BCUT2D eigenvalue weighted by Crippen LogP contribution is 2.14. The lowest BCUT2D eigenvalue weighted by Crippen LogP contribution is -2.12. The number of rotatable bonds is 2. The lowest BCUT2D eigenvalue weighted by Gasteiger charge is -2.09. The molecule has 0 radical (unpaired) electrons. The van der Waals surface area contributed by atoms with E-state index in [4.69, 9.17) is 5.73 Å². The number of hydrogen-bond acceptors (Lipinski definition) is 3. The molecule has 2 heterocycles. The van der Waals surface area contributed by atoms with Gasteiger partial charge in [0.25, 0.3) is 0 Å². The molecule has 0 aliphatic heterocycles.